The predicted molar refractivity (Wildman–Crippen MR) is 75.3 cm³/mol. The van der Waals surface area contributed by atoms with Crippen LogP contribution in [0.25, 0.3) is 10.4 Å². The fourth-order valence-corrected chi connectivity index (χ4v) is 2.95. The van der Waals surface area contributed by atoms with Gasteiger partial charge < -0.3 is 8.98 Å². The number of aromatic nitrogens is 1. The first-order valence-electron chi connectivity index (χ1n) is 6.29. The van der Waals surface area contributed by atoms with E-state index in [9.17, 15) is 13.2 Å². The normalized spacial score (nSPS) is 12.0. The van der Waals surface area contributed by atoms with Crippen LogP contribution < -0.4 is 0 Å². The Kier molecular flexibility index (Phi) is 3.41. The Bertz CT molecular complexity index is 751. The largest absolute Gasteiger partial charge is 0.455 e. The van der Waals surface area contributed by atoms with Gasteiger partial charge in [0, 0.05) is 22.8 Å². The number of hydrogen-bond acceptors (Lipinski definition) is 2. The van der Waals surface area contributed by atoms with Gasteiger partial charge in [0.05, 0.1) is 6.54 Å². The van der Waals surface area contributed by atoms with E-state index in [0.29, 0.717) is 0 Å². The highest BCUT2D eigenvalue weighted by molar-refractivity contribution is 7.13. The standard InChI is InChI=1S/C15H12F3NOS/c1-10-6-13(21-9-10)11-4-5-19(7-11)8-12-2-3-14(20-12)15(16,17)18/h2-7,9H,8H2,1H3. The van der Waals surface area contributed by atoms with Gasteiger partial charge in [-0.3, -0.25) is 0 Å². The maximum absolute atomic E-state index is 12.5. The van der Waals surface area contributed by atoms with Crippen molar-refractivity contribution in [3.63, 3.8) is 0 Å². The molecular formula is C15H12F3NOS. The van der Waals surface area contributed by atoms with E-state index in [-0.39, 0.29) is 12.3 Å². The molecule has 0 unspecified atom stereocenters. The molecule has 0 bridgehead atoms. The molecule has 21 heavy (non-hydrogen) atoms. The van der Waals surface area contributed by atoms with Gasteiger partial charge in [-0.1, -0.05) is 0 Å². The van der Waals surface area contributed by atoms with E-state index in [1.54, 1.807) is 11.3 Å². The Labute approximate surface area is 123 Å². The Hall–Kier alpha value is -1.95. The lowest BCUT2D eigenvalue weighted by atomic mass is 10.2. The zero-order chi connectivity index (χ0) is 15.0. The molecule has 6 heteroatoms. The van der Waals surface area contributed by atoms with Gasteiger partial charge in [0.1, 0.15) is 5.76 Å². The molecular weight excluding hydrogens is 299 g/mol. The number of halogens is 3. The molecule has 3 rings (SSSR count). The molecule has 0 fully saturated rings. The van der Waals surface area contributed by atoms with Crippen LogP contribution in [0.1, 0.15) is 17.1 Å². The third kappa shape index (κ3) is 3.05. The van der Waals surface area contributed by atoms with Crippen LogP contribution in [0.5, 0.6) is 0 Å². The molecule has 0 N–H and O–H groups in total. The van der Waals surface area contributed by atoms with E-state index in [2.05, 4.69) is 11.4 Å². The molecule has 2 nitrogen and oxygen atoms in total. The van der Waals surface area contributed by atoms with Gasteiger partial charge in [-0.15, -0.1) is 11.3 Å². The van der Waals surface area contributed by atoms with E-state index in [1.807, 2.05) is 30.0 Å². The van der Waals surface area contributed by atoms with E-state index in [0.717, 1.165) is 16.5 Å². The molecule has 0 radical (unpaired) electrons. The first-order chi connectivity index (χ1) is 9.91. The van der Waals surface area contributed by atoms with Gasteiger partial charge in [-0.2, -0.15) is 13.2 Å². The number of thiophene rings is 1. The topological polar surface area (TPSA) is 18.1 Å². The lowest BCUT2D eigenvalue weighted by Crippen LogP contribution is -2.02. The predicted octanol–water partition coefficient (Wildman–Crippen LogP) is 5.19. The van der Waals surface area contributed by atoms with Crippen molar-refractivity contribution in [1.82, 2.24) is 4.57 Å². The summed E-state index contributed by atoms with van der Waals surface area (Å²) >= 11 is 1.64. The Morgan fingerprint density at radius 3 is 2.67 bits per heavy atom. The minimum absolute atomic E-state index is 0.278. The van der Waals surface area contributed by atoms with Crippen LogP contribution in [0, 0.1) is 6.92 Å². The third-order valence-electron chi connectivity index (χ3n) is 3.04. The molecule has 0 saturated heterocycles. The van der Waals surface area contributed by atoms with Gasteiger partial charge in [-0.05, 0) is 42.1 Å². The average molecular weight is 311 g/mol. The van der Waals surface area contributed by atoms with Crippen molar-refractivity contribution in [3.05, 3.63) is 59.1 Å². The van der Waals surface area contributed by atoms with Crippen molar-refractivity contribution < 1.29 is 17.6 Å². The summed E-state index contributed by atoms with van der Waals surface area (Å²) in [5.41, 5.74) is 2.25. The highest BCUT2D eigenvalue weighted by Crippen LogP contribution is 2.31. The monoisotopic (exact) mass is 311 g/mol. The van der Waals surface area contributed by atoms with Crippen molar-refractivity contribution in [2.45, 2.75) is 19.6 Å². The van der Waals surface area contributed by atoms with E-state index in [4.69, 9.17) is 4.42 Å². The molecule has 0 spiro atoms. The van der Waals surface area contributed by atoms with Crippen LogP contribution in [0.4, 0.5) is 13.2 Å². The molecule has 110 valence electrons. The zero-order valence-corrected chi connectivity index (χ0v) is 12.0. The first kappa shape index (κ1) is 14.0. The van der Waals surface area contributed by atoms with Crippen LogP contribution in [0.2, 0.25) is 0 Å². The van der Waals surface area contributed by atoms with Crippen LogP contribution in [0.15, 0.2) is 46.5 Å². The minimum atomic E-state index is -4.44. The van der Waals surface area contributed by atoms with Crippen molar-refractivity contribution in [3.8, 4) is 10.4 Å². The van der Waals surface area contributed by atoms with Crippen molar-refractivity contribution in [2.75, 3.05) is 0 Å². The van der Waals surface area contributed by atoms with Crippen LogP contribution in [-0.4, -0.2) is 4.57 Å². The second-order valence-corrected chi connectivity index (χ2v) is 5.74. The molecule has 0 saturated carbocycles. The van der Waals surface area contributed by atoms with Crippen LogP contribution >= 0.6 is 11.3 Å². The van der Waals surface area contributed by atoms with Crippen LogP contribution in [-0.2, 0) is 12.7 Å². The third-order valence-corrected chi connectivity index (χ3v) is 4.14. The molecule has 3 aromatic rings. The lowest BCUT2D eigenvalue weighted by molar-refractivity contribution is -0.153. The fraction of sp³-hybridized carbons (Fsp3) is 0.200. The summed E-state index contributed by atoms with van der Waals surface area (Å²) in [5.74, 6) is -0.675. The minimum Gasteiger partial charge on any atom is -0.455 e. The molecule has 3 aromatic heterocycles. The Morgan fingerprint density at radius 2 is 2.05 bits per heavy atom. The van der Waals surface area contributed by atoms with Crippen molar-refractivity contribution >= 4 is 11.3 Å². The van der Waals surface area contributed by atoms with E-state index in [1.165, 1.54) is 11.6 Å². The van der Waals surface area contributed by atoms with Gasteiger partial charge in [0.15, 0.2) is 0 Å². The molecule has 0 atom stereocenters. The molecule has 0 aromatic carbocycles. The summed E-state index contributed by atoms with van der Waals surface area (Å²) in [7, 11) is 0. The number of nitrogens with zero attached hydrogens (tertiary/aromatic N) is 1. The number of alkyl halides is 3. The molecule has 0 amide bonds. The molecule has 0 aliphatic heterocycles. The summed E-state index contributed by atoms with van der Waals surface area (Å²) in [6.07, 6.45) is -0.699. The Balaban J connectivity index is 1.77. The fourth-order valence-electron chi connectivity index (χ4n) is 2.06. The van der Waals surface area contributed by atoms with Crippen molar-refractivity contribution in [1.29, 1.82) is 0 Å². The number of rotatable bonds is 3. The molecule has 0 aliphatic carbocycles. The smallest absolute Gasteiger partial charge is 0.449 e. The van der Waals surface area contributed by atoms with Gasteiger partial charge in [-0.25, -0.2) is 0 Å². The number of hydrogen-bond donors (Lipinski definition) is 0. The maximum Gasteiger partial charge on any atom is 0.449 e. The Morgan fingerprint density at radius 1 is 1.24 bits per heavy atom. The summed E-state index contributed by atoms with van der Waals surface area (Å²) in [5, 5.41) is 2.06. The maximum atomic E-state index is 12.5. The molecule has 3 heterocycles. The van der Waals surface area contributed by atoms with E-state index >= 15 is 0 Å². The number of furan rings is 1. The molecule has 0 aliphatic rings. The van der Waals surface area contributed by atoms with Gasteiger partial charge >= 0.3 is 6.18 Å². The summed E-state index contributed by atoms with van der Waals surface area (Å²) < 4.78 is 44.0. The zero-order valence-electron chi connectivity index (χ0n) is 11.1. The highest BCUT2D eigenvalue weighted by Gasteiger charge is 2.34. The number of aryl methyl sites for hydroxylation is 1. The highest BCUT2D eigenvalue weighted by atomic mass is 32.1. The summed E-state index contributed by atoms with van der Waals surface area (Å²) in [4.78, 5) is 1.14. The second kappa shape index (κ2) is 5.11. The summed E-state index contributed by atoms with van der Waals surface area (Å²) in [6, 6.07) is 6.35. The SMILES string of the molecule is Cc1csc(-c2ccn(Cc3ccc(C(F)(F)F)o3)c2)c1. The first-order valence-corrected chi connectivity index (χ1v) is 7.17. The van der Waals surface area contributed by atoms with Crippen LogP contribution in [0.3, 0.4) is 0 Å². The lowest BCUT2D eigenvalue weighted by Gasteiger charge is -2.02. The van der Waals surface area contributed by atoms with Gasteiger partial charge in [0.2, 0.25) is 5.76 Å². The van der Waals surface area contributed by atoms with Gasteiger partial charge in [0.25, 0.3) is 0 Å². The van der Waals surface area contributed by atoms with E-state index < -0.39 is 11.9 Å². The van der Waals surface area contributed by atoms with Crippen molar-refractivity contribution in [2.24, 2.45) is 0 Å². The average Bonchev–Trinajstić information content (AvgIpc) is 3.08. The summed E-state index contributed by atoms with van der Waals surface area (Å²) in [6.45, 7) is 2.30. The quantitative estimate of drug-likeness (QED) is 0.651. The second-order valence-electron chi connectivity index (χ2n) is 4.82.